The van der Waals surface area contributed by atoms with Crippen molar-refractivity contribution in [2.45, 2.75) is 46.3 Å². The predicted octanol–water partition coefficient (Wildman–Crippen LogP) is 2.81. The minimum atomic E-state index is 0.497. The molecule has 0 fully saturated rings. The van der Waals surface area contributed by atoms with E-state index >= 15 is 0 Å². The Kier molecular flexibility index (Phi) is 3.23. The molecule has 0 unspecified atom stereocenters. The predicted molar refractivity (Wildman–Crippen MR) is 73.2 cm³/mol. The third-order valence-electron chi connectivity index (χ3n) is 3.62. The molecule has 0 saturated heterocycles. The van der Waals surface area contributed by atoms with Gasteiger partial charge in [0.25, 0.3) is 0 Å². The van der Waals surface area contributed by atoms with E-state index in [1.54, 1.807) is 0 Å². The molecule has 2 aromatic rings. The van der Waals surface area contributed by atoms with Crippen LogP contribution < -0.4 is 4.74 Å². The SMILES string of the molecule is Cc1ccc(OCc2nnc3n2CCCC3)c(C)c1. The first-order valence-corrected chi connectivity index (χ1v) is 6.85. The number of benzene rings is 1. The van der Waals surface area contributed by atoms with E-state index in [9.17, 15) is 0 Å². The van der Waals surface area contributed by atoms with Gasteiger partial charge in [0, 0.05) is 13.0 Å². The fraction of sp³-hybridized carbons (Fsp3) is 0.467. The Labute approximate surface area is 113 Å². The number of hydrogen-bond donors (Lipinski definition) is 0. The molecule has 1 aromatic carbocycles. The van der Waals surface area contributed by atoms with Crippen LogP contribution in [0, 0.1) is 13.8 Å². The van der Waals surface area contributed by atoms with Gasteiger partial charge in [-0.25, -0.2) is 0 Å². The maximum atomic E-state index is 5.88. The summed E-state index contributed by atoms with van der Waals surface area (Å²) in [6.45, 7) is 5.68. The van der Waals surface area contributed by atoms with E-state index in [1.807, 2.05) is 6.07 Å². The Morgan fingerprint density at radius 2 is 2.11 bits per heavy atom. The summed E-state index contributed by atoms with van der Waals surface area (Å²) in [6, 6.07) is 6.23. The van der Waals surface area contributed by atoms with Crippen LogP contribution in [0.3, 0.4) is 0 Å². The summed E-state index contributed by atoms with van der Waals surface area (Å²) in [5, 5.41) is 8.49. The first-order valence-electron chi connectivity index (χ1n) is 6.85. The zero-order valence-corrected chi connectivity index (χ0v) is 11.5. The molecule has 3 rings (SSSR count). The molecule has 0 aliphatic carbocycles. The fourth-order valence-electron chi connectivity index (χ4n) is 2.58. The van der Waals surface area contributed by atoms with Crippen LogP contribution >= 0.6 is 0 Å². The van der Waals surface area contributed by atoms with Crippen molar-refractivity contribution in [1.29, 1.82) is 0 Å². The number of nitrogens with zero attached hydrogens (tertiary/aromatic N) is 3. The van der Waals surface area contributed by atoms with E-state index in [0.717, 1.165) is 30.4 Å². The van der Waals surface area contributed by atoms with Gasteiger partial charge in [-0.05, 0) is 38.3 Å². The summed E-state index contributed by atoms with van der Waals surface area (Å²) in [4.78, 5) is 0. The fourth-order valence-corrected chi connectivity index (χ4v) is 2.58. The minimum Gasteiger partial charge on any atom is -0.485 e. The average Bonchev–Trinajstić information content (AvgIpc) is 2.81. The number of hydrogen-bond acceptors (Lipinski definition) is 3. The van der Waals surface area contributed by atoms with Crippen molar-refractivity contribution in [3.05, 3.63) is 41.0 Å². The minimum absolute atomic E-state index is 0.497. The van der Waals surface area contributed by atoms with E-state index in [0.29, 0.717) is 6.61 Å². The topological polar surface area (TPSA) is 39.9 Å². The van der Waals surface area contributed by atoms with Crippen molar-refractivity contribution in [3.63, 3.8) is 0 Å². The number of rotatable bonds is 3. The molecule has 0 spiro atoms. The lowest BCUT2D eigenvalue weighted by Crippen LogP contribution is -2.14. The first kappa shape index (κ1) is 12.2. The normalized spacial score (nSPS) is 14.2. The highest BCUT2D eigenvalue weighted by Gasteiger charge is 2.16. The van der Waals surface area contributed by atoms with Gasteiger partial charge in [0.2, 0.25) is 0 Å². The van der Waals surface area contributed by atoms with Crippen molar-refractivity contribution in [1.82, 2.24) is 14.8 Å². The zero-order valence-electron chi connectivity index (χ0n) is 11.5. The highest BCUT2D eigenvalue weighted by Crippen LogP contribution is 2.21. The molecule has 2 heterocycles. The Bertz CT molecular complexity index is 589. The van der Waals surface area contributed by atoms with Gasteiger partial charge in [-0.15, -0.1) is 10.2 Å². The summed E-state index contributed by atoms with van der Waals surface area (Å²) in [6.07, 6.45) is 3.47. The van der Waals surface area contributed by atoms with Crippen molar-refractivity contribution >= 4 is 0 Å². The Morgan fingerprint density at radius 1 is 1.21 bits per heavy atom. The largest absolute Gasteiger partial charge is 0.485 e. The van der Waals surface area contributed by atoms with E-state index in [4.69, 9.17) is 4.74 Å². The summed E-state index contributed by atoms with van der Waals surface area (Å²) >= 11 is 0. The highest BCUT2D eigenvalue weighted by atomic mass is 16.5. The van der Waals surface area contributed by atoms with E-state index in [-0.39, 0.29) is 0 Å². The molecule has 1 aromatic heterocycles. The average molecular weight is 257 g/mol. The Morgan fingerprint density at radius 3 is 2.95 bits per heavy atom. The molecule has 100 valence electrons. The second-order valence-corrected chi connectivity index (χ2v) is 5.20. The monoisotopic (exact) mass is 257 g/mol. The van der Waals surface area contributed by atoms with Crippen molar-refractivity contribution in [2.75, 3.05) is 0 Å². The standard InChI is InChI=1S/C15H19N3O/c1-11-6-7-13(12(2)9-11)19-10-15-17-16-14-5-3-4-8-18(14)15/h6-7,9H,3-5,8,10H2,1-2H3. The van der Waals surface area contributed by atoms with E-state index in [1.165, 1.54) is 24.0 Å². The third-order valence-corrected chi connectivity index (χ3v) is 3.62. The van der Waals surface area contributed by atoms with Crippen LogP contribution in [-0.2, 0) is 19.6 Å². The van der Waals surface area contributed by atoms with Crippen molar-refractivity contribution in [3.8, 4) is 5.75 Å². The second-order valence-electron chi connectivity index (χ2n) is 5.20. The van der Waals surface area contributed by atoms with Crippen LogP contribution in [0.1, 0.15) is 35.6 Å². The van der Waals surface area contributed by atoms with Gasteiger partial charge in [-0.2, -0.15) is 0 Å². The molecule has 0 bridgehead atoms. The van der Waals surface area contributed by atoms with Gasteiger partial charge in [0.1, 0.15) is 18.2 Å². The number of aromatic nitrogens is 3. The number of aryl methyl sites for hydroxylation is 3. The van der Waals surface area contributed by atoms with Gasteiger partial charge < -0.3 is 9.30 Å². The lowest BCUT2D eigenvalue weighted by Gasteiger charge is -2.15. The quantitative estimate of drug-likeness (QED) is 0.849. The van der Waals surface area contributed by atoms with Crippen LogP contribution in [0.2, 0.25) is 0 Å². The lowest BCUT2D eigenvalue weighted by atomic mass is 10.1. The molecule has 4 heteroatoms. The Hall–Kier alpha value is -1.84. The molecule has 1 aliphatic heterocycles. The molecule has 0 N–H and O–H groups in total. The molecule has 4 nitrogen and oxygen atoms in total. The molecule has 1 aliphatic rings. The number of ether oxygens (including phenoxy) is 1. The van der Waals surface area contributed by atoms with Crippen molar-refractivity contribution in [2.24, 2.45) is 0 Å². The third kappa shape index (κ3) is 2.48. The maximum absolute atomic E-state index is 5.88. The van der Waals surface area contributed by atoms with Crippen LogP contribution in [0.5, 0.6) is 5.75 Å². The lowest BCUT2D eigenvalue weighted by molar-refractivity contribution is 0.284. The first-order chi connectivity index (χ1) is 9.24. The molecular weight excluding hydrogens is 238 g/mol. The van der Waals surface area contributed by atoms with Crippen molar-refractivity contribution < 1.29 is 4.74 Å². The smallest absolute Gasteiger partial charge is 0.171 e. The molecule has 0 saturated carbocycles. The summed E-state index contributed by atoms with van der Waals surface area (Å²) in [7, 11) is 0. The van der Waals surface area contributed by atoms with Gasteiger partial charge >= 0.3 is 0 Å². The highest BCUT2D eigenvalue weighted by molar-refractivity contribution is 5.35. The van der Waals surface area contributed by atoms with Gasteiger partial charge in [-0.3, -0.25) is 0 Å². The van der Waals surface area contributed by atoms with Crippen LogP contribution in [0.15, 0.2) is 18.2 Å². The molecule has 0 amide bonds. The van der Waals surface area contributed by atoms with Gasteiger partial charge in [0.05, 0.1) is 0 Å². The summed E-state index contributed by atoms with van der Waals surface area (Å²) in [5.74, 6) is 2.97. The molecule has 0 radical (unpaired) electrons. The van der Waals surface area contributed by atoms with Crippen LogP contribution in [-0.4, -0.2) is 14.8 Å². The van der Waals surface area contributed by atoms with E-state index < -0.39 is 0 Å². The van der Waals surface area contributed by atoms with Crippen LogP contribution in [0.25, 0.3) is 0 Å². The van der Waals surface area contributed by atoms with E-state index in [2.05, 4.69) is 40.7 Å². The second kappa shape index (κ2) is 5.03. The molecule has 19 heavy (non-hydrogen) atoms. The molecule has 0 atom stereocenters. The summed E-state index contributed by atoms with van der Waals surface area (Å²) in [5.41, 5.74) is 2.42. The van der Waals surface area contributed by atoms with Gasteiger partial charge in [-0.1, -0.05) is 17.7 Å². The Balaban J connectivity index is 1.74. The van der Waals surface area contributed by atoms with Crippen LogP contribution in [0.4, 0.5) is 0 Å². The number of fused-ring (bicyclic) bond motifs is 1. The summed E-state index contributed by atoms with van der Waals surface area (Å²) < 4.78 is 8.08. The van der Waals surface area contributed by atoms with Gasteiger partial charge in [0.15, 0.2) is 5.82 Å². The maximum Gasteiger partial charge on any atom is 0.171 e. The molecular formula is C15H19N3O. The zero-order chi connectivity index (χ0) is 13.2.